The summed E-state index contributed by atoms with van der Waals surface area (Å²) in [5.41, 5.74) is 4.06. The van der Waals surface area contributed by atoms with Crippen molar-refractivity contribution >= 4 is 51.3 Å². The molecule has 0 aliphatic carbocycles. The molecule has 0 saturated carbocycles. The van der Waals surface area contributed by atoms with Crippen LogP contribution in [0.5, 0.6) is 5.75 Å². The molecule has 1 N–H and O–H groups in total. The van der Waals surface area contributed by atoms with Gasteiger partial charge < -0.3 is 15.0 Å². The lowest BCUT2D eigenvalue weighted by Gasteiger charge is -2.17. The summed E-state index contributed by atoms with van der Waals surface area (Å²) >= 11 is 6.00. The molecule has 0 spiro atoms. The van der Waals surface area contributed by atoms with Crippen LogP contribution in [0.3, 0.4) is 0 Å². The minimum Gasteiger partial charge on any atom is -0.497 e. The summed E-state index contributed by atoms with van der Waals surface area (Å²) in [6.07, 6.45) is 3.06. The quantitative estimate of drug-likeness (QED) is 0.394. The number of nitrogens with one attached hydrogen (secondary N) is 1. The van der Waals surface area contributed by atoms with E-state index in [0.29, 0.717) is 34.1 Å². The van der Waals surface area contributed by atoms with Crippen molar-refractivity contribution in [3.63, 3.8) is 0 Å². The molecule has 5 rings (SSSR count). The number of hydrogen-bond donors (Lipinski definition) is 1. The SMILES string of the molecule is COc1ccc2c(c1)/C(=C\C(=O)Nc1ccc3ncccc3c1)C(=O)N2Cc1ccc(Cl)cc1. The number of carbonyl (C=O) groups excluding carboxylic acids is 2. The number of ether oxygens (including phenoxy) is 1. The molecule has 0 unspecified atom stereocenters. The van der Waals surface area contributed by atoms with Crippen LogP contribution in [0.15, 0.2) is 85.1 Å². The Kier molecular flexibility index (Phi) is 5.74. The highest BCUT2D eigenvalue weighted by Gasteiger charge is 2.33. The van der Waals surface area contributed by atoms with Gasteiger partial charge in [0.2, 0.25) is 5.91 Å². The first-order chi connectivity index (χ1) is 16.5. The minimum atomic E-state index is -0.395. The van der Waals surface area contributed by atoms with E-state index in [1.807, 2.05) is 42.5 Å². The van der Waals surface area contributed by atoms with Crippen molar-refractivity contribution in [2.75, 3.05) is 17.3 Å². The van der Waals surface area contributed by atoms with Gasteiger partial charge in [0.15, 0.2) is 0 Å². The van der Waals surface area contributed by atoms with Gasteiger partial charge in [-0.2, -0.15) is 0 Å². The molecule has 2 heterocycles. The molecule has 34 heavy (non-hydrogen) atoms. The number of rotatable bonds is 5. The molecular weight excluding hydrogens is 450 g/mol. The standard InChI is InChI=1S/C27H20ClN3O3/c1-34-21-9-11-25-22(14-21)23(27(33)31(25)16-17-4-6-19(28)7-5-17)15-26(32)30-20-8-10-24-18(13-20)3-2-12-29-24/h2-15H,16H2,1H3,(H,30,32)/b23-15+. The summed E-state index contributed by atoms with van der Waals surface area (Å²) in [5, 5.41) is 4.39. The van der Waals surface area contributed by atoms with E-state index in [9.17, 15) is 9.59 Å². The summed E-state index contributed by atoms with van der Waals surface area (Å²) in [6.45, 7) is 0.353. The van der Waals surface area contributed by atoms with Crippen LogP contribution >= 0.6 is 11.6 Å². The zero-order chi connectivity index (χ0) is 23.7. The Morgan fingerprint density at radius 3 is 2.71 bits per heavy atom. The number of amides is 2. The second-order valence-corrected chi connectivity index (χ2v) is 8.30. The number of benzene rings is 3. The summed E-state index contributed by atoms with van der Waals surface area (Å²) in [6, 6.07) is 22.0. The Hall–Kier alpha value is -4.16. The third kappa shape index (κ3) is 4.23. The molecule has 0 bridgehead atoms. The Labute approximate surface area is 201 Å². The van der Waals surface area contributed by atoms with Gasteiger partial charge in [0, 0.05) is 33.9 Å². The minimum absolute atomic E-state index is 0.254. The Morgan fingerprint density at radius 2 is 1.91 bits per heavy atom. The summed E-state index contributed by atoms with van der Waals surface area (Å²) in [5.74, 6) is -0.0435. The van der Waals surface area contributed by atoms with Gasteiger partial charge in [-0.25, -0.2) is 0 Å². The van der Waals surface area contributed by atoms with Crippen molar-refractivity contribution in [3.8, 4) is 5.75 Å². The predicted octanol–water partition coefficient (Wildman–Crippen LogP) is 5.47. The summed E-state index contributed by atoms with van der Waals surface area (Å²) in [4.78, 5) is 32.2. The van der Waals surface area contributed by atoms with Gasteiger partial charge in [-0.15, -0.1) is 0 Å². The third-order valence-electron chi connectivity index (χ3n) is 5.66. The highest BCUT2D eigenvalue weighted by Crippen LogP contribution is 2.40. The fourth-order valence-electron chi connectivity index (χ4n) is 3.99. The average molecular weight is 470 g/mol. The molecule has 168 valence electrons. The molecule has 3 aromatic carbocycles. The van der Waals surface area contributed by atoms with E-state index in [1.54, 1.807) is 48.5 Å². The van der Waals surface area contributed by atoms with Gasteiger partial charge in [0.05, 0.1) is 30.4 Å². The number of halogens is 1. The Balaban J connectivity index is 1.46. The fourth-order valence-corrected chi connectivity index (χ4v) is 4.12. The van der Waals surface area contributed by atoms with E-state index in [2.05, 4.69) is 10.3 Å². The number of fused-ring (bicyclic) bond motifs is 2. The first kappa shape index (κ1) is 21.7. The number of carbonyl (C=O) groups is 2. The number of anilines is 2. The molecule has 7 heteroatoms. The van der Waals surface area contributed by atoms with E-state index >= 15 is 0 Å². The lowest BCUT2D eigenvalue weighted by Crippen LogP contribution is -2.26. The second kappa shape index (κ2) is 9.00. The van der Waals surface area contributed by atoms with Gasteiger partial charge in [-0.1, -0.05) is 29.8 Å². The molecule has 0 fully saturated rings. The molecular formula is C27H20ClN3O3. The zero-order valence-electron chi connectivity index (χ0n) is 18.3. The second-order valence-electron chi connectivity index (χ2n) is 7.86. The zero-order valence-corrected chi connectivity index (χ0v) is 19.0. The molecule has 1 aliphatic heterocycles. The number of pyridine rings is 1. The smallest absolute Gasteiger partial charge is 0.259 e. The maximum Gasteiger partial charge on any atom is 0.259 e. The van der Waals surface area contributed by atoms with Crippen LogP contribution in [0.25, 0.3) is 16.5 Å². The van der Waals surface area contributed by atoms with Crippen molar-refractivity contribution in [2.24, 2.45) is 0 Å². The fraction of sp³-hybridized carbons (Fsp3) is 0.0741. The predicted molar refractivity (Wildman–Crippen MR) is 134 cm³/mol. The van der Waals surface area contributed by atoms with Crippen molar-refractivity contribution < 1.29 is 14.3 Å². The molecule has 1 aromatic heterocycles. The molecule has 0 radical (unpaired) electrons. The average Bonchev–Trinajstić information content (AvgIpc) is 3.10. The summed E-state index contributed by atoms with van der Waals surface area (Å²) in [7, 11) is 1.56. The highest BCUT2D eigenvalue weighted by atomic mass is 35.5. The monoisotopic (exact) mass is 469 g/mol. The van der Waals surface area contributed by atoms with Crippen LogP contribution in [0, 0.1) is 0 Å². The van der Waals surface area contributed by atoms with Gasteiger partial charge in [0.1, 0.15) is 5.75 Å². The molecule has 0 atom stereocenters. The molecule has 4 aromatic rings. The van der Waals surface area contributed by atoms with Crippen LogP contribution in [0.4, 0.5) is 11.4 Å². The lowest BCUT2D eigenvalue weighted by atomic mass is 10.1. The number of nitrogens with zero attached hydrogens (tertiary/aromatic N) is 2. The van der Waals surface area contributed by atoms with Gasteiger partial charge in [0.25, 0.3) is 5.91 Å². The van der Waals surface area contributed by atoms with Crippen molar-refractivity contribution in [2.45, 2.75) is 6.54 Å². The van der Waals surface area contributed by atoms with Crippen molar-refractivity contribution in [1.29, 1.82) is 0 Å². The maximum atomic E-state index is 13.4. The number of hydrogen-bond acceptors (Lipinski definition) is 4. The van der Waals surface area contributed by atoms with Gasteiger partial charge in [-0.05, 0) is 60.2 Å². The van der Waals surface area contributed by atoms with Crippen LogP contribution in [0.2, 0.25) is 5.02 Å². The molecule has 0 saturated heterocycles. The Morgan fingerprint density at radius 1 is 1.09 bits per heavy atom. The molecule has 2 amide bonds. The van der Waals surface area contributed by atoms with Gasteiger partial charge >= 0.3 is 0 Å². The first-order valence-electron chi connectivity index (χ1n) is 10.6. The van der Waals surface area contributed by atoms with Crippen molar-refractivity contribution in [1.82, 2.24) is 4.98 Å². The largest absolute Gasteiger partial charge is 0.497 e. The van der Waals surface area contributed by atoms with E-state index < -0.39 is 5.91 Å². The van der Waals surface area contributed by atoms with E-state index in [1.165, 1.54) is 6.08 Å². The number of aromatic nitrogens is 1. The van der Waals surface area contributed by atoms with Crippen LogP contribution < -0.4 is 15.0 Å². The molecule has 1 aliphatic rings. The maximum absolute atomic E-state index is 13.4. The van der Waals surface area contributed by atoms with Crippen molar-refractivity contribution in [3.05, 3.63) is 101 Å². The highest BCUT2D eigenvalue weighted by molar-refractivity contribution is 6.35. The lowest BCUT2D eigenvalue weighted by molar-refractivity contribution is -0.114. The third-order valence-corrected chi connectivity index (χ3v) is 5.91. The topological polar surface area (TPSA) is 71.5 Å². The van der Waals surface area contributed by atoms with Crippen LogP contribution in [0.1, 0.15) is 11.1 Å². The first-order valence-corrected chi connectivity index (χ1v) is 11.0. The number of methoxy groups -OCH3 is 1. The normalized spacial score (nSPS) is 13.9. The van der Waals surface area contributed by atoms with Crippen LogP contribution in [-0.2, 0) is 16.1 Å². The van der Waals surface area contributed by atoms with E-state index in [0.717, 1.165) is 22.2 Å². The molecule has 6 nitrogen and oxygen atoms in total. The van der Waals surface area contributed by atoms with Gasteiger partial charge in [-0.3, -0.25) is 14.6 Å². The van der Waals surface area contributed by atoms with Crippen LogP contribution in [-0.4, -0.2) is 23.9 Å². The van der Waals surface area contributed by atoms with E-state index in [-0.39, 0.29) is 5.91 Å². The summed E-state index contributed by atoms with van der Waals surface area (Å²) < 4.78 is 5.35. The van der Waals surface area contributed by atoms with E-state index in [4.69, 9.17) is 16.3 Å². The Bertz CT molecular complexity index is 1450.